The van der Waals surface area contributed by atoms with Crippen molar-refractivity contribution in [2.45, 2.75) is 70.9 Å². The van der Waals surface area contributed by atoms with Crippen LogP contribution in [0.25, 0.3) is 0 Å². The van der Waals surface area contributed by atoms with E-state index in [4.69, 9.17) is 14.2 Å². The van der Waals surface area contributed by atoms with Gasteiger partial charge in [-0.15, -0.1) is 0 Å². The van der Waals surface area contributed by atoms with Crippen LogP contribution in [-0.4, -0.2) is 40.5 Å². The molecule has 148 valence electrons. The number of aliphatic carboxylic acids is 1. The zero-order valence-electron chi connectivity index (χ0n) is 16.1. The molecule has 0 amide bonds. The number of rotatable bonds is 3. The molecule has 0 spiro atoms. The van der Waals surface area contributed by atoms with Gasteiger partial charge in [0, 0.05) is 17.4 Å². The normalized spacial score (nSPS) is 48.0. The van der Waals surface area contributed by atoms with Crippen LogP contribution < -0.4 is 0 Å². The zero-order chi connectivity index (χ0) is 19.8. The smallest absolute Gasteiger partial charge is 0.333 e. The highest BCUT2D eigenvalue weighted by atomic mass is 16.8. The van der Waals surface area contributed by atoms with Crippen LogP contribution in [0.1, 0.15) is 53.4 Å². The lowest BCUT2D eigenvalue weighted by molar-refractivity contribution is -0.191. The van der Waals surface area contributed by atoms with Crippen LogP contribution in [0.2, 0.25) is 0 Å². The second kappa shape index (κ2) is 5.56. The van der Waals surface area contributed by atoms with Crippen molar-refractivity contribution in [3.05, 3.63) is 11.6 Å². The van der Waals surface area contributed by atoms with Gasteiger partial charge < -0.3 is 19.3 Å². The standard InChI is InChI=1S/C20H26O7/c1-5-10(2)15(23)25-17-18(4)12(7-6-8-13(18)14(21)22)9-19-20(17,27-19)11(3)16(24)26-19/h5,11-13,17H,6-9H2,1-4H3,(H,21,22)/b10-5-/t11-,12-,13-,17+,18+,19-,20+/m1/s1. The number of ether oxygens (including phenoxy) is 3. The van der Waals surface area contributed by atoms with E-state index in [-0.39, 0.29) is 11.9 Å². The number of esters is 2. The van der Waals surface area contributed by atoms with Crippen LogP contribution in [0.4, 0.5) is 0 Å². The summed E-state index contributed by atoms with van der Waals surface area (Å²) in [6, 6.07) is 0. The number of epoxide rings is 1. The van der Waals surface area contributed by atoms with E-state index in [1.165, 1.54) is 0 Å². The van der Waals surface area contributed by atoms with E-state index >= 15 is 0 Å². The lowest BCUT2D eigenvalue weighted by Gasteiger charge is -2.53. The van der Waals surface area contributed by atoms with Crippen molar-refractivity contribution in [2.24, 2.45) is 23.2 Å². The highest BCUT2D eigenvalue weighted by Gasteiger charge is 2.91. The number of carbonyl (C=O) groups is 3. The molecule has 7 heteroatoms. The van der Waals surface area contributed by atoms with Crippen molar-refractivity contribution >= 4 is 17.9 Å². The van der Waals surface area contributed by atoms with Gasteiger partial charge in [-0.25, -0.2) is 4.79 Å². The number of carboxylic acids is 1. The molecule has 2 aliphatic heterocycles. The van der Waals surface area contributed by atoms with Gasteiger partial charge >= 0.3 is 17.9 Å². The molecular formula is C20H26O7. The molecule has 2 heterocycles. The van der Waals surface area contributed by atoms with Gasteiger partial charge in [0.15, 0.2) is 5.60 Å². The monoisotopic (exact) mass is 378 g/mol. The van der Waals surface area contributed by atoms with E-state index in [0.29, 0.717) is 18.4 Å². The van der Waals surface area contributed by atoms with Crippen LogP contribution in [-0.2, 0) is 28.6 Å². The van der Waals surface area contributed by atoms with Crippen LogP contribution >= 0.6 is 0 Å². The number of fused-ring (bicyclic) bond motifs is 1. The topological polar surface area (TPSA) is 102 Å². The average Bonchev–Trinajstić information content (AvgIpc) is 3.22. The predicted octanol–water partition coefficient (Wildman–Crippen LogP) is 2.43. The molecule has 2 aliphatic carbocycles. The van der Waals surface area contributed by atoms with E-state index in [1.54, 1.807) is 26.8 Å². The second-order valence-electron chi connectivity index (χ2n) is 8.64. The Bertz CT molecular complexity index is 757. The molecule has 0 bridgehead atoms. The summed E-state index contributed by atoms with van der Waals surface area (Å²) in [6.45, 7) is 6.99. The molecule has 4 rings (SSSR count). The Morgan fingerprint density at radius 3 is 2.67 bits per heavy atom. The van der Waals surface area contributed by atoms with E-state index in [0.717, 1.165) is 12.8 Å². The molecule has 0 aromatic rings. The molecule has 1 N–H and O–H groups in total. The molecule has 27 heavy (non-hydrogen) atoms. The maximum absolute atomic E-state index is 12.7. The molecule has 7 nitrogen and oxygen atoms in total. The largest absolute Gasteiger partial charge is 0.481 e. The van der Waals surface area contributed by atoms with Gasteiger partial charge in [0.2, 0.25) is 5.79 Å². The van der Waals surface area contributed by atoms with E-state index < -0.39 is 46.7 Å². The average molecular weight is 378 g/mol. The first-order valence-corrected chi connectivity index (χ1v) is 9.63. The van der Waals surface area contributed by atoms with Gasteiger partial charge in [-0.05, 0) is 39.5 Å². The predicted molar refractivity (Wildman–Crippen MR) is 92.3 cm³/mol. The molecule has 2 saturated heterocycles. The first-order valence-electron chi connectivity index (χ1n) is 9.63. The van der Waals surface area contributed by atoms with Gasteiger partial charge in [0.1, 0.15) is 6.10 Å². The maximum atomic E-state index is 12.7. The third-order valence-corrected chi connectivity index (χ3v) is 7.57. The molecule has 7 atom stereocenters. The first-order chi connectivity index (χ1) is 12.6. The highest BCUT2D eigenvalue weighted by molar-refractivity contribution is 5.88. The molecule has 0 aromatic carbocycles. The van der Waals surface area contributed by atoms with Gasteiger partial charge in [-0.3, -0.25) is 9.59 Å². The summed E-state index contributed by atoms with van der Waals surface area (Å²) in [5, 5.41) is 9.91. The Kier molecular flexibility index (Phi) is 3.81. The lowest BCUT2D eigenvalue weighted by Crippen LogP contribution is -2.63. The Balaban J connectivity index is 1.83. The van der Waals surface area contributed by atoms with Crippen molar-refractivity contribution in [3.8, 4) is 0 Å². The fourth-order valence-electron chi connectivity index (χ4n) is 5.82. The van der Waals surface area contributed by atoms with Crippen molar-refractivity contribution in [2.75, 3.05) is 0 Å². The Hall–Kier alpha value is -1.89. The van der Waals surface area contributed by atoms with Gasteiger partial charge in [0.05, 0.1) is 11.8 Å². The summed E-state index contributed by atoms with van der Waals surface area (Å²) in [7, 11) is 0. The fourth-order valence-corrected chi connectivity index (χ4v) is 5.82. The Labute approximate surface area is 158 Å². The fraction of sp³-hybridized carbons (Fsp3) is 0.750. The molecule has 0 radical (unpaired) electrons. The Morgan fingerprint density at radius 1 is 1.33 bits per heavy atom. The van der Waals surface area contributed by atoms with E-state index in [9.17, 15) is 19.5 Å². The van der Waals surface area contributed by atoms with Crippen molar-refractivity contribution < 1.29 is 33.7 Å². The Morgan fingerprint density at radius 2 is 2.04 bits per heavy atom. The lowest BCUT2D eigenvalue weighted by atomic mass is 9.50. The minimum Gasteiger partial charge on any atom is -0.481 e. The molecular weight excluding hydrogens is 352 g/mol. The van der Waals surface area contributed by atoms with Crippen LogP contribution in [0.5, 0.6) is 0 Å². The number of hydrogen-bond donors (Lipinski definition) is 1. The minimum atomic E-state index is -1.09. The first kappa shape index (κ1) is 18.5. The summed E-state index contributed by atoms with van der Waals surface area (Å²) in [5.41, 5.74) is -1.48. The quantitative estimate of drug-likeness (QED) is 0.457. The highest BCUT2D eigenvalue weighted by Crippen LogP contribution is 2.74. The molecule has 0 aromatic heterocycles. The molecule has 0 unspecified atom stereocenters. The third-order valence-electron chi connectivity index (χ3n) is 7.57. The summed E-state index contributed by atoms with van der Waals surface area (Å²) < 4.78 is 17.6. The number of hydrogen-bond acceptors (Lipinski definition) is 6. The van der Waals surface area contributed by atoms with E-state index in [2.05, 4.69) is 0 Å². The summed E-state index contributed by atoms with van der Waals surface area (Å²) in [5.74, 6) is -4.21. The van der Waals surface area contributed by atoms with Crippen molar-refractivity contribution in [3.63, 3.8) is 0 Å². The van der Waals surface area contributed by atoms with Crippen LogP contribution in [0, 0.1) is 23.2 Å². The number of carboxylic acid groups (broad SMARTS) is 1. The summed E-state index contributed by atoms with van der Waals surface area (Å²) >= 11 is 0. The van der Waals surface area contributed by atoms with E-state index in [1.807, 2.05) is 6.92 Å². The second-order valence-corrected chi connectivity index (χ2v) is 8.64. The third kappa shape index (κ3) is 2.09. The SMILES string of the molecule is C/C=C(/C)C(=O)O[C@H]1[C@@]2(C)[C@H](CCC[C@@H]2C(=O)O)C[C@]23OC(=O)[C@@H](C)[C@]12O3. The maximum Gasteiger partial charge on any atom is 0.333 e. The summed E-state index contributed by atoms with van der Waals surface area (Å²) in [4.78, 5) is 37.1. The molecule has 4 fully saturated rings. The molecule has 4 aliphatic rings. The van der Waals surface area contributed by atoms with Gasteiger partial charge in [0.25, 0.3) is 0 Å². The number of allylic oxidation sites excluding steroid dienone is 1. The van der Waals surface area contributed by atoms with Crippen molar-refractivity contribution in [1.29, 1.82) is 0 Å². The van der Waals surface area contributed by atoms with Crippen molar-refractivity contribution in [1.82, 2.24) is 0 Å². The summed E-state index contributed by atoms with van der Waals surface area (Å²) in [6.07, 6.45) is 3.35. The minimum absolute atomic E-state index is 0.0650. The number of carbonyl (C=O) groups excluding carboxylic acids is 2. The zero-order valence-corrected chi connectivity index (χ0v) is 16.1. The van der Waals surface area contributed by atoms with Crippen LogP contribution in [0.3, 0.4) is 0 Å². The van der Waals surface area contributed by atoms with Gasteiger partial charge in [-0.2, -0.15) is 0 Å². The van der Waals surface area contributed by atoms with Gasteiger partial charge in [-0.1, -0.05) is 19.4 Å². The molecule has 2 saturated carbocycles. The van der Waals surface area contributed by atoms with Crippen LogP contribution in [0.15, 0.2) is 11.6 Å².